The first-order chi connectivity index (χ1) is 13.7. The molecule has 1 fully saturated rings. The Hall–Kier alpha value is -2.93. The van der Waals surface area contributed by atoms with Crippen LogP contribution in [0.4, 0.5) is 0 Å². The highest BCUT2D eigenvalue weighted by Gasteiger charge is 2.20. The summed E-state index contributed by atoms with van der Waals surface area (Å²) < 4.78 is 13.3. The molecule has 1 aliphatic carbocycles. The Labute approximate surface area is 164 Å². The Morgan fingerprint density at radius 3 is 2.75 bits per heavy atom. The molecule has 0 saturated heterocycles. The molecule has 0 aliphatic heterocycles. The summed E-state index contributed by atoms with van der Waals surface area (Å²) >= 11 is 0. The molecular formula is C21H25N5O2. The summed E-state index contributed by atoms with van der Waals surface area (Å²) in [5.74, 6) is 1.97. The van der Waals surface area contributed by atoms with Crippen LogP contribution in [0.5, 0.6) is 11.5 Å². The van der Waals surface area contributed by atoms with E-state index in [1.165, 1.54) is 6.33 Å². The quantitative estimate of drug-likeness (QED) is 0.707. The molecule has 7 nitrogen and oxygen atoms in total. The maximum absolute atomic E-state index is 6.10. The molecule has 2 heterocycles. The van der Waals surface area contributed by atoms with E-state index in [2.05, 4.69) is 15.1 Å². The van der Waals surface area contributed by atoms with Gasteiger partial charge in [-0.2, -0.15) is 5.10 Å². The molecule has 0 unspecified atom stereocenters. The Morgan fingerprint density at radius 1 is 1.11 bits per heavy atom. The van der Waals surface area contributed by atoms with Crippen molar-refractivity contribution < 1.29 is 9.47 Å². The second-order valence-electron chi connectivity index (χ2n) is 7.17. The fourth-order valence-electron chi connectivity index (χ4n) is 3.60. The molecule has 1 aliphatic rings. The van der Waals surface area contributed by atoms with E-state index >= 15 is 0 Å². The number of aromatic nitrogens is 4. The van der Waals surface area contributed by atoms with Gasteiger partial charge in [0, 0.05) is 17.8 Å². The van der Waals surface area contributed by atoms with Gasteiger partial charge in [-0.25, -0.2) is 14.6 Å². The Bertz CT molecular complexity index is 918. The number of para-hydroxylation sites is 2. The Balaban J connectivity index is 1.53. The van der Waals surface area contributed by atoms with Crippen molar-refractivity contribution in [2.75, 3.05) is 13.7 Å². The van der Waals surface area contributed by atoms with Crippen molar-refractivity contribution in [1.29, 1.82) is 0 Å². The van der Waals surface area contributed by atoms with Gasteiger partial charge in [0.05, 0.1) is 26.1 Å². The molecule has 3 aromatic rings. The van der Waals surface area contributed by atoms with Gasteiger partial charge >= 0.3 is 0 Å². The largest absolute Gasteiger partial charge is 0.494 e. The van der Waals surface area contributed by atoms with Crippen LogP contribution >= 0.6 is 0 Å². The highest BCUT2D eigenvalue weighted by atomic mass is 16.5. The van der Waals surface area contributed by atoms with Gasteiger partial charge in [-0.05, 0) is 43.7 Å². The molecule has 0 bridgehead atoms. The van der Waals surface area contributed by atoms with E-state index in [9.17, 15) is 0 Å². The van der Waals surface area contributed by atoms with E-state index in [4.69, 9.17) is 15.2 Å². The van der Waals surface area contributed by atoms with Gasteiger partial charge < -0.3 is 15.2 Å². The Kier molecular flexibility index (Phi) is 5.53. The van der Waals surface area contributed by atoms with Gasteiger partial charge in [0.2, 0.25) is 0 Å². The fourth-order valence-corrected chi connectivity index (χ4v) is 3.60. The average molecular weight is 379 g/mol. The lowest BCUT2D eigenvalue weighted by Gasteiger charge is -2.26. The van der Waals surface area contributed by atoms with Crippen molar-refractivity contribution in [3.05, 3.63) is 49.2 Å². The zero-order valence-corrected chi connectivity index (χ0v) is 16.0. The van der Waals surface area contributed by atoms with Crippen molar-refractivity contribution in [3.63, 3.8) is 0 Å². The van der Waals surface area contributed by atoms with Gasteiger partial charge in [-0.3, -0.25) is 0 Å². The maximum atomic E-state index is 6.10. The minimum Gasteiger partial charge on any atom is -0.494 e. The van der Waals surface area contributed by atoms with Crippen molar-refractivity contribution in [1.82, 2.24) is 19.7 Å². The number of nitrogens with zero attached hydrogens (tertiary/aromatic N) is 4. The first-order valence-electron chi connectivity index (χ1n) is 9.61. The van der Waals surface area contributed by atoms with E-state index in [1.54, 1.807) is 24.2 Å². The predicted octanol–water partition coefficient (Wildman–Crippen LogP) is 3.23. The van der Waals surface area contributed by atoms with E-state index in [-0.39, 0.29) is 0 Å². The molecular weight excluding hydrogens is 354 g/mol. The molecule has 7 heteroatoms. The lowest BCUT2D eigenvalue weighted by Crippen LogP contribution is -2.28. The van der Waals surface area contributed by atoms with Crippen LogP contribution in [-0.4, -0.2) is 39.5 Å². The number of hydrogen-bond donors (Lipinski definition) is 1. The summed E-state index contributed by atoms with van der Waals surface area (Å²) in [7, 11) is 1.65. The van der Waals surface area contributed by atoms with Gasteiger partial charge in [-0.1, -0.05) is 12.1 Å². The van der Waals surface area contributed by atoms with Crippen molar-refractivity contribution >= 4 is 0 Å². The number of benzene rings is 1. The van der Waals surface area contributed by atoms with Crippen molar-refractivity contribution in [3.8, 4) is 28.4 Å². The molecule has 146 valence electrons. The molecule has 0 spiro atoms. The lowest BCUT2D eigenvalue weighted by atomic mass is 9.87. The van der Waals surface area contributed by atoms with Crippen LogP contribution in [0, 0.1) is 5.92 Å². The van der Waals surface area contributed by atoms with Crippen molar-refractivity contribution in [2.45, 2.75) is 31.7 Å². The van der Waals surface area contributed by atoms with Crippen LogP contribution in [0.2, 0.25) is 0 Å². The summed E-state index contributed by atoms with van der Waals surface area (Å²) in [5, 5.41) is 4.48. The van der Waals surface area contributed by atoms with E-state index < -0.39 is 0 Å². The van der Waals surface area contributed by atoms with Crippen LogP contribution in [-0.2, 0) is 0 Å². The third kappa shape index (κ3) is 3.99. The average Bonchev–Trinajstić information content (AvgIpc) is 3.23. The number of methoxy groups -OCH3 is 1. The molecule has 28 heavy (non-hydrogen) atoms. The first-order valence-corrected chi connectivity index (χ1v) is 9.61. The van der Waals surface area contributed by atoms with Crippen LogP contribution in [0.1, 0.15) is 25.7 Å². The molecule has 1 aromatic carbocycles. The minimum absolute atomic E-state index is 0.340. The predicted molar refractivity (Wildman–Crippen MR) is 107 cm³/mol. The summed E-state index contributed by atoms with van der Waals surface area (Å²) in [6.45, 7) is 0.660. The third-order valence-electron chi connectivity index (χ3n) is 5.23. The minimum atomic E-state index is 0.340. The highest BCUT2D eigenvalue weighted by Crippen LogP contribution is 2.30. The van der Waals surface area contributed by atoms with Crippen LogP contribution in [0.15, 0.2) is 49.2 Å². The molecule has 2 aromatic heterocycles. The smallest absolute Gasteiger partial charge is 0.163 e. The summed E-state index contributed by atoms with van der Waals surface area (Å²) in [6, 6.07) is 8.09. The van der Waals surface area contributed by atoms with Gasteiger partial charge in [-0.15, -0.1) is 0 Å². The lowest BCUT2D eigenvalue weighted by molar-refractivity contribution is 0.200. The molecule has 4 rings (SSSR count). The summed E-state index contributed by atoms with van der Waals surface area (Å²) in [5.41, 5.74) is 8.47. The standard InChI is InChI=1S/C21H25N5O2/c1-27-19-5-3-2-4-18(19)26-12-16(10-25-26)21-20(11-23-14-24-21)28-13-15-6-8-17(22)9-7-15/h2-5,10-12,14-15,17H,6-9,13,22H2,1H3. The second-order valence-corrected chi connectivity index (χ2v) is 7.17. The summed E-state index contributed by atoms with van der Waals surface area (Å²) in [6.07, 6.45) is 11.3. The van der Waals surface area contributed by atoms with Gasteiger partial charge in [0.15, 0.2) is 5.75 Å². The second kappa shape index (κ2) is 8.39. The molecule has 0 atom stereocenters. The summed E-state index contributed by atoms with van der Waals surface area (Å²) in [4.78, 5) is 8.57. The number of nitrogens with two attached hydrogens (primary N) is 1. The maximum Gasteiger partial charge on any atom is 0.163 e. The van der Waals surface area contributed by atoms with E-state index in [0.717, 1.165) is 48.4 Å². The number of ether oxygens (including phenoxy) is 2. The van der Waals surface area contributed by atoms with Crippen LogP contribution in [0.3, 0.4) is 0 Å². The number of hydrogen-bond acceptors (Lipinski definition) is 6. The van der Waals surface area contributed by atoms with E-state index in [0.29, 0.717) is 24.3 Å². The van der Waals surface area contributed by atoms with Crippen LogP contribution in [0.25, 0.3) is 16.9 Å². The number of rotatable bonds is 6. The normalized spacial score (nSPS) is 19.4. The topological polar surface area (TPSA) is 88.1 Å². The first kappa shape index (κ1) is 18.4. The van der Waals surface area contributed by atoms with Crippen LogP contribution < -0.4 is 15.2 Å². The molecule has 2 N–H and O–H groups in total. The van der Waals surface area contributed by atoms with Crippen molar-refractivity contribution in [2.24, 2.45) is 11.7 Å². The monoisotopic (exact) mass is 379 g/mol. The zero-order chi connectivity index (χ0) is 19.3. The highest BCUT2D eigenvalue weighted by molar-refractivity contribution is 5.64. The Morgan fingerprint density at radius 2 is 1.93 bits per heavy atom. The van der Waals surface area contributed by atoms with Gasteiger partial charge in [0.1, 0.15) is 23.5 Å². The zero-order valence-electron chi connectivity index (χ0n) is 16.0. The third-order valence-corrected chi connectivity index (χ3v) is 5.23. The van der Waals surface area contributed by atoms with Gasteiger partial charge in [0.25, 0.3) is 0 Å². The SMILES string of the molecule is COc1ccccc1-n1cc(-c2ncncc2OCC2CCC(N)CC2)cn1. The fraction of sp³-hybridized carbons (Fsp3) is 0.381. The van der Waals surface area contributed by atoms with E-state index in [1.807, 2.05) is 30.5 Å². The molecule has 0 radical (unpaired) electrons. The molecule has 0 amide bonds. The molecule has 1 saturated carbocycles.